The summed E-state index contributed by atoms with van der Waals surface area (Å²) in [5.74, 6) is -0.464. The van der Waals surface area contributed by atoms with Crippen molar-refractivity contribution in [3.63, 3.8) is 0 Å². The van der Waals surface area contributed by atoms with Gasteiger partial charge in [-0.3, -0.25) is 14.5 Å². The molecule has 4 N–H and O–H groups in total. The van der Waals surface area contributed by atoms with Gasteiger partial charge in [-0.05, 0) is 6.08 Å². The van der Waals surface area contributed by atoms with E-state index >= 15 is 0 Å². The lowest BCUT2D eigenvalue weighted by Gasteiger charge is -2.48. The van der Waals surface area contributed by atoms with E-state index in [1.165, 1.54) is 22.7 Å². The van der Waals surface area contributed by atoms with Crippen molar-refractivity contribution in [1.82, 2.24) is 15.2 Å². The number of nitrogens with two attached hydrogens (primary N) is 1. The standard InChI is InChI=1S/C17H19N5O5S3/c1-2-5-28-7-4-27-21-11(9-8-30-17(18)19-9)13(23)20-12-14(24)22-10(16(25)26)3-6-29-15(12)22/h2-3,8,12,15H,1,4-7H2,(H2,18,19)(H,20,23)(H,25,26)/t12?,15-/m0/s1. The number of β-lactam (4-membered cyclic amide) rings is 1. The van der Waals surface area contributed by atoms with Crippen LogP contribution >= 0.6 is 34.9 Å². The van der Waals surface area contributed by atoms with Crippen LogP contribution in [0.15, 0.2) is 35.0 Å². The predicted molar refractivity (Wildman–Crippen MR) is 117 cm³/mol. The van der Waals surface area contributed by atoms with Crippen LogP contribution in [0.2, 0.25) is 0 Å². The molecule has 2 aliphatic heterocycles. The van der Waals surface area contributed by atoms with E-state index in [4.69, 9.17) is 10.6 Å². The molecule has 0 spiro atoms. The number of hydrogen-bond acceptors (Lipinski definition) is 10. The fraction of sp³-hybridized carbons (Fsp3) is 0.353. The van der Waals surface area contributed by atoms with Crippen LogP contribution in [0.3, 0.4) is 0 Å². The Balaban J connectivity index is 1.68. The number of thioether (sulfide) groups is 2. The summed E-state index contributed by atoms with van der Waals surface area (Å²) in [7, 11) is 0. The molecule has 1 fully saturated rings. The molecule has 1 unspecified atom stereocenters. The molecule has 10 nitrogen and oxygen atoms in total. The largest absolute Gasteiger partial charge is 0.477 e. The number of thiazole rings is 1. The van der Waals surface area contributed by atoms with Crippen molar-refractivity contribution in [3.8, 4) is 0 Å². The van der Waals surface area contributed by atoms with Gasteiger partial charge >= 0.3 is 5.97 Å². The molecule has 1 aromatic rings. The summed E-state index contributed by atoms with van der Waals surface area (Å²) < 4.78 is 0. The number of aliphatic carboxylic acids is 1. The Morgan fingerprint density at radius 2 is 2.37 bits per heavy atom. The fourth-order valence-electron chi connectivity index (χ4n) is 2.72. The van der Waals surface area contributed by atoms with E-state index in [0.717, 1.165) is 17.1 Å². The lowest BCUT2D eigenvalue weighted by atomic mass is 10.0. The van der Waals surface area contributed by atoms with E-state index in [0.29, 0.717) is 11.5 Å². The number of carbonyl (C=O) groups excluding carboxylic acids is 2. The first kappa shape index (κ1) is 22.2. The average molecular weight is 470 g/mol. The number of hydrogen-bond donors (Lipinski definition) is 3. The normalized spacial score (nSPS) is 20.7. The van der Waals surface area contributed by atoms with Crippen molar-refractivity contribution < 1.29 is 24.3 Å². The molecule has 13 heteroatoms. The molecular formula is C17H19N5O5S3. The van der Waals surface area contributed by atoms with E-state index in [2.05, 4.69) is 22.0 Å². The van der Waals surface area contributed by atoms with Gasteiger partial charge in [0.15, 0.2) is 10.8 Å². The summed E-state index contributed by atoms with van der Waals surface area (Å²) in [6.07, 6.45) is 3.25. The first-order valence-corrected chi connectivity index (χ1v) is 11.8. The highest BCUT2D eigenvalue weighted by atomic mass is 32.2. The van der Waals surface area contributed by atoms with Crippen LogP contribution in [0.4, 0.5) is 5.13 Å². The zero-order valence-electron chi connectivity index (χ0n) is 15.6. The zero-order chi connectivity index (χ0) is 21.7. The molecule has 0 bridgehead atoms. The molecule has 3 heterocycles. The number of rotatable bonds is 10. The summed E-state index contributed by atoms with van der Waals surface area (Å²) in [5.41, 5.74) is 5.72. The second-order valence-corrected chi connectivity index (χ2v) is 9.17. The number of carboxylic acids is 1. The Hall–Kier alpha value is -2.51. The maximum atomic E-state index is 12.8. The van der Waals surface area contributed by atoms with Gasteiger partial charge in [0.1, 0.15) is 29.4 Å². The van der Waals surface area contributed by atoms with E-state index in [1.807, 2.05) is 0 Å². The SMILES string of the molecule is C=CCSCCON=C(C(=O)NC1C(=O)N2C(C(=O)O)=CCS[C@@H]12)c1csc(N)n1. The summed E-state index contributed by atoms with van der Waals surface area (Å²) >= 11 is 4.11. The minimum Gasteiger partial charge on any atom is -0.477 e. The van der Waals surface area contributed by atoms with Crippen LogP contribution in [-0.2, 0) is 19.2 Å². The monoisotopic (exact) mass is 469 g/mol. The van der Waals surface area contributed by atoms with Crippen molar-refractivity contribution >= 4 is 63.5 Å². The molecule has 0 aliphatic carbocycles. The van der Waals surface area contributed by atoms with Crippen LogP contribution in [-0.4, -0.2) is 73.8 Å². The van der Waals surface area contributed by atoms with Gasteiger partial charge in [-0.2, -0.15) is 11.8 Å². The Morgan fingerprint density at radius 3 is 3.03 bits per heavy atom. The molecule has 2 atom stereocenters. The van der Waals surface area contributed by atoms with Gasteiger partial charge in [0.05, 0.1) is 0 Å². The summed E-state index contributed by atoms with van der Waals surface area (Å²) in [5, 5.41) is 17.1. The van der Waals surface area contributed by atoms with Gasteiger partial charge in [-0.1, -0.05) is 11.2 Å². The van der Waals surface area contributed by atoms with E-state index < -0.39 is 29.2 Å². The lowest BCUT2D eigenvalue weighted by molar-refractivity contribution is -0.150. The molecule has 30 heavy (non-hydrogen) atoms. The second kappa shape index (κ2) is 10.00. The third kappa shape index (κ3) is 4.79. The number of aromatic nitrogens is 1. The molecule has 0 aromatic carbocycles. The zero-order valence-corrected chi connectivity index (χ0v) is 18.1. The van der Waals surface area contributed by atoms with Gasteiger partial charge in [0.2, 0.25) is 0 Å². The maximum Gasteiger partial charge on any atom is 0.352 e. The van der Waals surface area contributed by atoms with Crippen molar-refractivity contribution in [1.29, 1.82) is 0 Å². The molecule has 0 radical (unpaired) electrons. The smallest absolute Gasteiger partial charge is 0.352 e. The topological polar surface area (TPSA) is 147 Å². The van der Waals surface area contributed by atoms with E-state index in [9.17, 15) is 19.5 Å². The third-order valence-electron chi connectivity index (χ3n) is 4.04. The lowest BCUT2D eigenvalue weighted by Crippen LogP contribution is -2.70. The fourth-order valence-corrected chi connectivity index (χ4v) is 4.99. The maximum absolute atomic E-state index is 12.8. The van der Waals surface area contributed by atoms with Crippen LogP contribution in [0.1, 0.15) is 5.69 Å². The number of fused-ring (bicyclic) bond motifs is 1. The molecule has 1 saturated heterocycles. The molecule has 3 rings (SSSR count). The van der Waals surface area contributed by atoms with Gasteiger partial charge in [0.25, 0.3) is 11.8 Å². The molecular weight excluding hydrogens is 450 g/mol. The number of nitrogen functional groups attached to an aromatic ring is 1. The Bertz CT molecular complexity index is 915. The van der Waals surface area contributed by atoms with Gasteiger partial charge < -0.3 is 21.0 Å². The number of amides is 2. The van der Waals surface area contributed by atoms with Crippen molar-refractivity contribution in [2.75, 3.05) is 29.6 Å². The highest BCUT2D eigenvalue weighted by Gasteiger charge is 2.53. The van der Waals surface area contributed by atoms with Crippen LogP contribution < -0.4 is 11.1 Å². The quantitative estimate of drug-likeness (QED) is 0.148. The summed E-state index contributed by atoms with van der Waals surface area (Å²) in [4.78, 5) is 47.1. The van der Waals surface area contributed by atoms with Gasteiger partial charge in [-0.15, -0.1) is 29.7 Å². The number of anilines is 1. The molecule has 0 saturated carbocycles. The van der Waals surface area contributed by atoms with Crippen LogP contribution in [0.5, 0.6) is 0 Å². The van der Waals surface area contributed by atoms with E-state index in [-0.39, 0.29) is 28.8 Å². The minimum absolute atomic E-state index is 0.0734. The third-order valence-corrected chi connectivity index (χ3v) is 6.83. The van der Waals surface area contributed by atoms with E-state index in [1.54, 1.807) is 23.2 Å². The Morgan fingerprint density at radius 1 is 1.57 bits per heavy atom. The van der Waals surface area contributed by atoms with Crippen molar-refractivity contribution in [3.05, 3.63) is 35.5 Å². The molecule has 160 valence electrons. The first-order valence-electron chi connectivity index (χ1n) is 8.73. The Kier molecular flexibility index (Phi) is 7.39. The van der Waals surface area contributed by atoms with Crippen molar-refractivity contribution in [2.45, 2.75) is 11.4 Å². The minimum atomic E-state index is -1.18. The number of nitrogens with zero attached hydrogens (tertiary/aromatic N) is 3. The van der Waals surface area contributed by atoms with Gasteiger partial charge in [0, 0.05) is 22.6 Å². The number of carbonyl (C=O) groups is 3. The van der Waals surface area contributed by atoms with Crippen LogP contribution in [0, 0.1) is 0 Å². The number of nitrogens with one attached hydrogen (secondary N) is 1. The molecule has 1 aromatic heterocycles. The second-order valence-electron chi connectivity index (χ2n) is 5.99. The van der Waals surface area contributed by atoms with Crippen molar-refractivity contribution in [2.24, 2.45) is 5.16 Å². The highest BCUT2D eigenvalue weighted by molar-refractivity contribution is 8.00. The van der Waals surface area contributed by atoms with Crippen LogP contribution in [0.25, 0.3) is 0 Å². The Labute approximate surface area is 184 Å². The van der Waals surface area contributed by atoms with Gasteiger partial charge in [-0.25, -0.2) is 9.78 Å². The summed E-state index contributed by atoms with van der Waals surface area (Å²) in [6.45, 7) is 3.91. The number of oxime groups is 1. The highest BCUT2D eigenvalue weighted by Crippen LogP contribution is 2.37. The predicted octanol–water partition coefficient (Wildman–Crippen LogP) is 0.734. The average Bonchev–Trinajstić information content (AvgIpc) is 3.16. The first-order chi connectivity index (χ1) is 14.4. The number of carboxylic acid groups (broad SMARTS) is 1. The molecule has 2 amide bonds. The molecule has 2 aliphatic rings. The summed E-state index contributed by atoms with van der Waals surface area (Å²) in [6, 6.07) is -0.866.